The minimum Gasteiger partial charge on any atom is -0.392 e. The van der Waals surface area contributed by atoms with Crippen molar-refractivity contribution < 1.29 is 14.3 Å². The fraction of sp³-hybridized carbons (Fsp3) is 0.333. The number of carbonyl (C=O) groups excluding carboxylic acids is 1. The molecule has 5 rings (SSSR count). The number of carbonyl (C=O) groups is 1. The molecule has 12 heteroatoms. The fourth-order valence-corrected chi connectivity index (χ4v) is 4.96. The Bertz CT molecular complexity index is 1600. The highest BCUT2D eigenvalue weighted by atomic mass is 19.1. The molecular formula is C27H29FN8O3. The lowest BCUT2D eigenvalue weighted by Gasteiger charge is -2.30. The quantitative estimate of drug-likeness (QED) is 0.354. The second-order valence-corrected chi connectivity index (χ2v) is 9.35. The number of aliphatic hydroxyl groups is 1. The van der Waals surface area contributed by atoms with E-state index in [1.165, 1.54) is 29.2 Å². The van der Waals surface area contributed by atoms with E-state index >= 15 is 4.39 Å². The Morgan fingerprint density at radius 2 is 1.95 bits per heavy atom. The number of nitrogens with one attached hydrogen (secondary N) is 1. The molecule has 1 amide bonds. The van der Waals surface area contributed by atoms with Crippen LogP contribution in [0.2, 0.25) is 0 Å². The monoisotopic (exact) mass is 532 g/mol. The number of rotatable bonds is 8. The Hall–Kier alpha value is -4.45. The van der Waals surface area contributed by atoms with Gasteiger partial charge in [0.05, 0.1) is 12.3 Å². The summed E-state index contributed by atoms with van der Waals surface area (Å²) in [6.07, 6.45) is 6.73. The number of hydrogen-bond acceptors (Lipinski definition) is 8. The molecule has 0 spiro atoms. The smallest absolute Gasteiger partial charge is 0.290 e. The number of aliphatic hydroxyl groups excluding tert-OH is 1. The Morgan fingerprint density at radius 1 is 1.13 bits per heavy atom. The largest absolute Gasteiger partial charge is 0.392 e. The molecule has 0 saturated heterocycles. The molecule has 0 saturated carbocycles. The molecule has 0 bridgehead atoms. The first-order valence-corrected chi connectivity index (χ1v) is 12.8. The second kappa shape index (κ2) is 10.7. The topological polar surface area (TPSA) is 131 Å². The summed E-state index contributed by atoms with van der Waals surface area (Å²) in [5.74, 6) is -0.351. The number of fused-ring (bicyclic) bond motifs is 1. The number of hydrogen-bond donors (Lipinski definition) is 2. The number of halogens is 1. The van der Waals surface area contributed by atoms with Gasteiger partial charge >= 0.3 is 0 Å². The molecule has 1 aliphatic rings. The first-order chi connectivity index (χ1) is 18.8. The van der Waals surface area contributed by atoms with Crippen LogP contribution in [-0.4, -0.2) is 46.9 Å². The summed E-state index contributed by atoms with van der Waals surface area (Å²) in [4.78, 5) is 40.1. The molecule has 39 heavy (non-hydrogen) atoms. The summed E-state index contributed by atoms with van der Waals surface area (Å²) in [5.41, 5.74) is 2.39. The highest BCUT2D eigenvalue weighted by Crippen LogP contribution is 2.33. The molecule has 4 aromatic rings. The number of aromatic nitrogens is 6. The van der Waals surface area contributed by atoms with Crippen LogP contribution in [-0.2, 0) is 26.6 Å². The van der Waals surface area contributed by atoms with Crippen molar-refractivity contribution in [2.45, 2.75) is 46.3 Å². The van der Waals surface area contributed by atoms with Gasteiger partial charge < -0.3 is 15.0 Å². The van der Waals surface area contributed by atoms with Crippen molar-refractivity contribution in [1.29, 1.82) is 0 Å². The summed E-state index contributed by atoms with van der Waals surface area (Å²) in [7, 11) is 1.52. The normalized spacial score (nSPS) is 13.1. The van der Waals surface area contributed by atoms with E-state index in [0.29, 0.717) is 41.2 Å². The fourth-order valence-electron chi connectivity index (χ4n) is 4.96. The van der Waals surface area contributed by atoms with E-state index in [4.69, 9.17) is 0 Å². The van der Waals surface area contributed by atoms with Gasteiger partial charge in [0.25, 0.3) is 11.5 Å². The van der Waals surface area contributed by atoms with Crippen LogP contribution in [0.1, 0.15) is 47.1 Å². The molecule has 5 heterocycles. The van der Waals surface area contributed by atoms with E-state index in [0.717, 1.165) is 18.5 Å². The highest BCUT2D eigenvalue weighted by Gasteiger charge is 2.35. The van der Waals surface area contributed by atoms with E-state index in [1.807, 2.05) is 13.8 Å². The van der Waals surface area contributed by atoms with Crippen LogP contribution < -0.4 is 15.8 Å². The molecular weight excluding hydrogens is 503 g/mol. The average molecular weight is 533 g/mol. The first-order valence-electron chi connectivity index (χ1n) is 12.8. The second-order valence-electron chi connectivity index (χ2n) is 9.35. The van der Waals surface area contributed by atoms with Crippen molar-refractivity contribution in [2.24, 2.45) is 7.05 Å². The van der Waals surface area contributed by atoms with E-state index in [-0.39, 0.29) is 29.3 Å². The van der Waals surface area contributed by atoms with Gasteiger partial charge in [0.1, 0.15) is 29.3 Å². The molecule has 0 fully saturated rings. The molecule has 0 aliphatic carbocycles. The molecule has 0 radical (unpaired) electrons. The Morgan fingerprint density at radius 3 is 2.67 bits per heavy atom. The number of anilines is 3. The van der Waals surface area contributed by atoms with Gasteiger partial charge in [-0.05, 0) is 38.0 Å². The summed E-state index contributed by atoms with van der Waals surface area (Å²) >= 11 is 0. The average Bonchev–Trinajstić information content (AvgIpc) is 3.19. The van der Waals surface area contributed by atoms with Crippen LogP contribution in [0.3, 0.4) is 0 Å². The van der Waals surface area contributed by atoms with Gasteiger partial charge in [-0.3, -0.25) is 14.5 Å². The van der Waals surface area contributed by atoms with Gasteiger partial charge in [0, 0.05) is 54.9 Å². The summed E-state index contributed by atoms with van der Waals surface area (Å²) in [6, 6.07) is 4.82. The van der Waals surface area contributed by atoms with E-state index in [2.05, 4.69) is 25.4 Å². The lowest BCUT2D eigenvalue weighted by atomic mass is 10.0. The number of amides is 1. The van der Waals surface area contributed by atoms with Crippen LogP contribution in [0, 0.1) is 12.7 Å². The van der Waals surface area contributed by atoms with Crippen LogP contribution in [0.4, 0.5) is 21.7 Å². The lowest BCUT2D eigenvalue weighted by Crippen LogP contribution is -2.42. The standard InChI is InChI=1S/C27H29FN8O3/c1-4-5-6-17-16(2)35-11-12-36(27(39)24(35)23(17)28)25-19(14-37)18(7-10-30-25)20-13-21(26(38)34(3)33-20)32-22-8-9-29-15-31-22/h7-10,13,15,37H,4-6,11-12,14H2,1-3H3,(H,29,31,32). The maximum atomic E-state index is 15.5. The van der Waals surface area contributed by atoms with Gasteiger partial charge in [-0.25, -0.2) is 24.0 Å². The molecule has 0 aromatic carbocycles. The summed E-state index contributed by atoms with van der Waals surface area (Å²) in [5, 5.41) is 17.8. The SMILES string of the molecule is CCCCc1c(F)c2n(c1C)CCN(c1nccc(-c3cc(Nc4ccncn4)c(=O)n(C)n3)c1CO)C2=O. The van der Waals surface area contributed by atoms with Gasteiger partial charge in [0.15, 0.2) is 5.82 Å². The predicted octanol–water partition coefficient (Wildman–Crippen LogP) is 3.12. The molecule has 1 aliphatic heterocycles. The van der Waals surface area contributed by atoms with Crippen molar-refractivity contribution in [1.82, 2.24) is 29.3 Å². The van der Waals surface area contributed by atoms with Crippen molar-refractivity contribution in [2.75, 3.05) is 16.8 Å². The maximum Gasteiger partial charge on any atom is 0.290 e. The summed E-state index contributed by atoms with van der Waals surface area (Å²) in [6.45, 7) is 4.10. The van der Waals surface area contributed by atoms with Crippen molar-refractivity contribution in [3.63, 3.8) is 0 Å². The van der Waals surface area contributed by atoms with Crippen LogP contribution in [0.5, 0.6) is 0 Å². The van der Waals surface area contributed by atoms with Crippen LogP contribution in [0.15, 0.2) is 41.7 Å². The Balaban J connectivity index is 1.55. The zero-order valence-electron chi connectivity index (χ0n) is 22.0. The van der Waals surface area contributed by atoms with E-state index in [9.17, 15) is 14.7 Å². The predicted molar refractivity (Wildman–Crippen MR) is 143 cm³/mol. The molecule has 4 aromatic heterocycles. The van der Waals surface area contributed by atoms with Gasteiger partial charge in [-0.1, -0.05) is 13.3 Å². The third-order valence-electron chi connectivity index (χ3n) is 6.99. The van der Waals surface area contributed by atoms with Gasteiger partial charge in [-0.2, -0.15) is 5.10 Å². The van der Waals surface area contributed by atoms with Crippen molar-refractivity contribution in [3.8, 4) is 11.3 Å². The molecule has 202 valence electrons. The zero-order chi connectivity index (χ0) is 27.7. The highest BCUT2D eigenvalue weighted by molar-refractivity contribution is 6.06. The number of pyridine rings is 1. The van der Waals surface area contributed by atoms with Gasteiger partial charge in [0.2, 0.25) is 0 Å². The molecule has 0 unspecified atom stereocenters. The molecule has 0 atom stereocenters. The summed E-state index contributed by atoms with van der Waals surface area (Å²) < 4.78 is 18.4. The number of nitrogens with zero attached hydrogens (tertiary/aromatic N) is 7. The molecule has 11 nitrogen and oxygen atoms in total. The number of aryl methyl sites for hydroxylation is 1. The zero-order valence-corrected chi connectivity index (χ0v) is 22.0. The van der Waals surface area contributed by atoms with Crippen molar-refractivity contribution >= 4 is 23.2 Å². The van der Waals surface area contributed by atoms with E-state index < -0.39 is 18.3 Å². The Labute approximate surface area is 224 Å². The van der Waals surface area contributed by atoms with Crippen LogP contribution >= 0.6 is 0 Å². The Kier molecular flexibility index (Phi) is 7.20. The number of unbranched alkanes of at least 4 members (excludes halogenated alkanes) is 1. The third kappa shape index (κ3) is 4.67. The van der Waals surface area contributed by atoms with E-state index in [1.54, 1.807) is 29.0 Å². The maximum absolute atomic E-state index is 15.5. The van der Waals surface area contributed by atoms with Gasteiger partial charge in [-0.15, -0.1) is 0 Å². The van der Waals surface area contributed by atoms with Crippen molar-refractivity contribution in [3.05, 3.63) is 75.6 Å². The molecule has 2 N–H and O–H groups in total. The minimum atomic E-state index is -0.511. The lowest BCUT2D eigenvalue weighted by molar-refractivity contribution is 0.0958. The van der Waals surface area contributed by atoms with Crippen LogP contribution in [0.25, 0.3) is 11.3 Å². The minimum absolute atomic E-state index is 0.0116. The third-order valence-corrected chi connectivity index (χ3v) is 6.99. The first kappa shape index (κ1) is 26.2.